The average Bonchev–Trinajstić information content (AvgIpc) is 2.47. The highest BCUT2D eigenvalue weighted by Gasteiger charge is 2.13. The lowest BCUT2D eigenvalue weighted by Crippen LogP contribution is -2.15. The number of nitrogens with one attached hydrogen (secondary N) is 2. The van der Waals surface area contributed by atoms with Crippen LogP contribution in [0.4, 0.5) is 11.4 Å². The topological polar surface area (TPSA) is 84.5 Å². The Kier molecular flexibility index (Phi) is 5.23. The molecule has 122 valence electrons. The summed E-state index contributed by atoms with van der Waals surface area (Å²) < 4.78 is 32.1. The van der Waals surface area contributed by atoms with Gasteiger partial charge in [0.05, 0.1) is 24.2 Å². The van der Waals surface area contributed by atoms with E-state index in [9.17, 15) is 13.2 Å². The maximum atomic E-state index is 12.2. The van der Waals surface area contributed by atoms with Crippen LogP contribution in [0.25, 0.3) is 0 Å². The zero-order valence-corrected chi connectivity index (χ0v) is 13.7. The third-order valence-electron chi connectivity index (χ3n) is 2.98. The molecule has 0 saturated carbocycles. The standard InChI is InChI=1S/C16H18N2O4S/c1-12(19)17-15-10-14(8-9-16(15)22-2)18-23(20,21)11-13-6-4-3-5-7-13/h3-10,18H,11H2,1-2H3,(H,17,19). The molecule has 6 nitrogen and oxygen atoms in total. The van der Waals surface area contributed by atoms with E-state index in [-0.39, 0.29) is 11.7 Å². The quantitative estimate of drug-likeness (QED) is 0.850. The molecule has 1 amide bonds. The molecule has 0 aliphatic rings. The Morgan fingerprint density at radius 3 is 2.43 bits per heavy atom. The second kappa shape index (κ2) is 7.15. The van der Waals surface area contributed by atoms with Gasteiger partial charge in [0.2, 0.25) is 15.9 Å². The molecule has 0 radical (unpaired) electrons. The van der Waals surface area contributed by atoms with Crippen molar-refractivity contribution in [2.24, 2.45) is 0 Å². The minimum absolute atomic E-state index is 0.130. The van der Waals surface area contributed by atoms with Gasteiger partial charge < -0.3 is 10.1 Å². The van der Waals surface area contributed by atoms with Gasteiger partial charge in [-0.05, 0) is 23.8 Å². The molecule has 0 aliphatic heterocycles. The van der Waals surface area contributed by atoms with Crippen molar-refractivity contribution in [3.05, 3.63) is 54.1 Å². The van der Waals surface area contributed by atoms with E-state index in [1.165, 1.54) is 20.1 Å². The zero-order valence-electron chi connectivity index (χ0n) is 12.9. The Labute approximate surface area is 135 Å². The lowest BCUT2D eigenvalue weighted by molar-refractivity contribution is -0.114. The fourth-order valence-corrected chi connectivity index (χ4v) is 3.26. The Morgan fingerprint density at radius 1 is 1.13 bits per heavy atom. The summed E-state index contributed by atoms with van der Waals surface area (Å²) in [5.41, 5.74) is 1.45. The Morgan fingerprint density at radius 2 is 1.83 bits per heavy atom. The van der Waals surface area contributed by atoms with Crippen LogP contribution >= 0.6 is 0 Å². The molecule has 0 heterocycles. The molecule has 0 spiro atoms. The number of amides is 1. The van der Waals surface area contributed by atoms with Crippen LogP contribution < -0.4 is 14.8 Å². The molecule has 2 N–H and O–H groups in total. The highest BCUT2D eigenvalue weighted by atomic mass is 32.2. The maximum absolute atomic E-state index is 12.2. The minimum Gasteiger partial charge on any atom is -0.495 e. The van der Waals surface area contributed by atoms with Crippen LogP contribution in [0.1, 0.15) is 12.5 Å². The second-order valence-corrected chi connectivity index (χ2v) is 6.67. The number of anilines is 2. The predicted molar refractivity (Wildman–Crippen MR) is 90.0 cm³/mol. The lowest BCUT2D eigenvalue weighted by atomic mass is 10.2. The fraction of sp³-hybridized carbons (Fsp3) is 0.188. The van der Waals surface area contributed by atoms with Crippen LogP contribution in [0, 0.1) is 0 Å². The molecule has 2 aromatic rings. The summed E-state index contributed by atoms with van der Waals surface area (Å²) in [5, 5.41) is 2.60. The first-order valence-corrected chi connectivity index (χ1v) is 8.55. The fourth-order valence-electron chi connectivity index (χ4n) is 2.07. The van der Waals surface area contributed by atoms with Crippen LogP contribution in [0.2, 0.25) is 0 Å². The first-order valence-electron chi connectivity index (χ1n) is 6.89. The van der Waals surface area contributed by atoms with Gasteiger partial charge in [-0.15, -0.1) is 0 Å². The summed E-state index contributed by atoms with van der Waals surface area (Å²) in [4.78, 5) is 11.2. The van der Waals surface area contributed by atoms with Crippen LogP contribution in [-0.2, 0) is 20.6 Å². The molecule has 0 aromatic heterocycles. The van der Waals surface area contributed by atoms with Crippen molar-refractivity contribution >= 4 is 27.3 Å². The molecule has 0 saturated heterocycles. The Bertz CT molecular complexity index is 789. The van der Waals surface area contributed by atoms with E-state index in [4.69, 9.17) is 4.74 Å². The number of benzene rings is 2. The van der Waals surface area contributed by atoms with Crippen molar-refractivity contribution in [2.75, 3.05) is 17.1 Å². The van der Waals surface area contributed by atoms with Crippen molar-refractivity contribution in [1.29, 1.82) is 0 Å². The van der Waals surface area contributed by atoms with E-state index in [0.717, 1.165) is 0 Å². The number of methoxy groups -OCH3 is 1. The molecule has 7 heteroatoms. The molecule has 2 aromatic carbocycles. The van der Waals surface area contributed by atoms with Gasteiger partial charge in [0.25, 0.3) is 0 Å². The highest BCUT2D eigenvalue weighted by molar-refractivity contribution is 7.91. The number of rotatable bonds is 6. The van der Waals surface area contributed by atoms with E-state index in [0.29, 0.717) is 22.7 Å². The van der Waals surface area contributed by atoms with E-state index in [2.05, 4.69) is 10.0 Å². The number of carbonyl (C=O) groups is 1. The second-order valence-electron chi connectivity index (χ2n) is 4.94. The van der Waals surface area contributed by atoms with Crippen LogP contribution in [0.15, 0.2) is 48.5 Å². The molecular weight excluding hydrogens is 316 g/mol. The van der Waals surface area contributed by atoms with Gasteiger partial charge in [-0.3, -0.25) is 9.52 Å². The third kappa shape index (κ3) is 5.00. The number of carbonyl (C=O) groups excluding carboxylic acids is 1. The summed E-state index contributed by atoms with van der Waals surface area (Å²) in [6, 6.07) is 13.6. The maximum Gasteiger partial charge on any atom is 0.236 e. The van der Waals surface area contributed by atoms with Gasteiger partial charge in [-0.2, -0.15) is 0 Å². The number of ether oxygens (including phenoxy) is 1. The average molecular weight is 334 g/mol. The summed E-state index contributed by atoms with van der Waals surface area (Å²) in [6.45, 7) is 1.37. The van der Waals surface area contributed by atoms with Gasteiger partial charge in [0.15, 0.2) is 0 Å². The lowest BCUT2D eigenvalue weighted by Gasteiger charge is -2.13. The van der Waals surface area contributed by atoms with E-state index >= 15 is 0 Å². The number of hydrogen-bond donors (Lipinski definition) is 2. The largest absolute Gasteiger partial charge is 0.495 e. The summed E-state index contributed by atoms with van der Waals surface area (Å²) in [6.07, 6.45) is 0. The monoisotopic (exact) mass is 334 g/mol. The normalized spacial score (nSPS) is 10.9. The summed E-state index contributed by atoms with van der Waals surface area (Å²) in [5.74, 6) is 0.0498. The van der Waals surface area contributed by atoms with Crippen molar-refractivity contribution < 1.29 is 17.9 Å². The Balaban J connectivity index is 2.20. The highest BCUT2D eigenvalue weighted by Crippen LogP contribution is 2.28. The summed E-state index contributed by atoms with van der Waals surface area (Å²) in [7, 11) is -2.08. The third-order valence-corrected chi connectivity index (χ3v) is 4.24. The minimum atomic E-state index is -3.56. The van der Waals surface area contributed by atoms with Crippen molar-refractivity contribution in [1.82, 2.24) is 0 Å². The SMILES string of the molecule is COc1ccc(NS(=O)(=O)Cc2ccccc2)cc1NC(C)=O. The molecule has 0 unspecified atom stereocenters. The van der Waals surface area contributed by atoms with Crippen molar-refractivity contribution in [3.63, 3.8) is 0 Å². The molecule has 2 rings (SSSR count). The molecule has 0 fully saturated rings. The van der Waals surface area contributed by atoms with Crippen LogP contribution in [0.3, 0.4) is 0 Å². The Hall–Kier alpha value is -2.54. The smallest absolute Gasteiger partial charge is 0.236 e. The molecular formula is C16H18N2O4S. The predicted octanol–water partition coefficient (Wildman–Crippen LogP) is 2.60. The van der Waals surface area contributed by atoms with Crippen molar-refractivity contribution in [2.45, 2.75) is 12.7 Å². The van der Waals surface area contributed by atoms with E-state index in [1.54, 1.807) is 36.4 Å². The molecule has 0 bridgehead atoms. The number of sulfonamides is 1. The molecule has 23 heavy (non-hydrogen) atoms. The van der Waals surface area contributed by atoms with Gasteiger partial charge in [0.1, 0.15) is 5.75 Å². The van der Waals surface area contributed by atoms with E-state index in [1.807, 2.05) is 6.07 Å². The molecule has 0 atom stereocenters. The van der Waals surface area contributed by atoms with Gasteiger partial charge >= 0.3 is 0 Å². The van der Waals surface area contributed by atoms with Gasteiger partial charge in [-0.1, -0.05) is 30.3 Å². The van der Waals surface area contributed by atoms with Crippen LogP contribution in [-0.4, -0.2) is 21.4 Å². The van der Waals surface area contributed by atoms with Gasteiger partial charge in [0, 0.05) is 6.92 Å². The van der Waals surface area contributed by atoms with Crippen molar-refractivity contribution in [3.8, 4) is 5.75 Å². The van der Waals surface area contributed by atoms with Gasteiger partial charge in [-0.25, -0.2) is 8.42 Å². The molecule has 0 aliphatic carbocycles. The first kappa shape index (κ1) is 16.8. The summed E-state index contributed by atoms with van der Waals surface area (Å²) >= 11 is 0. The zero-order chi connectivity index (χ0) is 16.9. The first-order chi connectivity index (χ1) is 10.9. The number of hydrogen-bond acceptors (Lipinski definition) is 4. The van der Waals surface area contributed by atoms with Crippen LogP contribution in [0.5, 0.6) is 5.75 Å². The van der Waals surface area contributed by atoms with E-state index < -0.39 is 10.0 Å².